The number of hydrogen-bond acceptors (Lipinski definition) is 1. The number of fused-ring (bicyclic) bond motifs is 9. The minimum absolute atomic E-state index is 0.896. The molecular weight excluding hydrogens is 865 g/mol. The number of hydrogen-bond donors (Lipinski definition) is 0. The predicted molar refractivity (Wildman–Crippen MR) is 297 cm³/mol. The highest BCUT2D eigenvalue weighted by molar-refractivity contribution is 7.19. The summed E-state index contributed by atoms with van der Waals surface area (Å²) in [7, 11) is -2.78. The van der Waals surface area contributed by atoms with E-state index in [1.54, 1.807) is 0 Å². The van der Waals surface area contributed by atoms with Gasteiger partial charge in [-0.3, -0.25) is 0 Å². The lowest BCUT2D eigenvalue weighted by Crippen LogP contribution is -2.74. The van der Waals surface area contributed by atoms with Crippen molar-refractivity contribution in [3.8, 4) is 33.6 Å². The maximum atomic E-state index is 6.39. The average molecular weight is 909 g/mol. The predicted octanol–water partition coefficient (Wildman–Crippen LogP) is 14.5. The molecule has 11 aromatic carbocycles. The molecule has 0 aliphatic rings. The van der Waals surface area contributed by atoms with Crippen LogP contribution < -0.4 is 20.7 Å². The van der Waals surface area contributed by atoms with Crippen LogP contribution in [0, 0.1) is 0 Å². The summed E-state index contributed by atoms with van der Waals surface area (Å²) in [4.78, 5) is 0. The standard InChI is InChI=1S/C66H44N2OSi/c1-5-18-45(19-6-1)46-34-38-62-59(40-46)56-36-32-47(48-33-37-58-57-29-14-16-31-65(57)69-66(58)42-48)41-64(56)68(62)50-35-39-63-60(44-50)55-28-13-15-30-61(55)67(63)49-20-17-27-54(43-49)70(51-21-7-2-8-22-51,52-23-9-3-10-24-52)53-25-11-4-12-26-53/h1-44H. The summed E-state index contributed by atoms with van der Waals surface area (Å²) >= 11 is 0. The normalized spacial score (nSPS) is 12.0. The Morgan fingerprint density at radius 1 is 0.243 bits per heavy atom. The molecule has 14 aromatic rings. The van der Waals surface area contributed by atoms with Gasteiger partial charge in [0.15, 0.2) is 8.07 Å². The van der Waals surface area contributed by atoms with Gasteiger partial charge in [0.1, 0.15) is 11.2 Å². The average Bonchev–Trinajstić information content (AvgIpc) is 4.09. The SMILES string of the molecule is c1ccc(-c2ccc3c(c2)c2ccc(-c4ccc5c(c4)oc4ccccc45)cc2n3-c2ccc3c(c2)c2ccccc2n3-c2cccc([Si](c3ccccc3)(c3ccccc3)c3ccccc3)c2)cc1. The Bertz CT molecular complexity index is 4190. The summed E-state index contributed by atoms with van der Waals surface area (Å²) in [5, 5.41) is 12.5. The molecule has 3 aromatic heterocycles. The topological polar surface area (TPSA) is 23.0 Å². The summed E-state index contributed by atoms with van der Waals surface area (Å²) in [6.07, 6.45) is 0. The van der Waals surface area contributed by atoms with Crippen molar-refractivity contribution in [2.75, 3.05) is 0 Å². The first kappa shape index (κ1) is 40.1. The van der Waals surface area contributed by atoms with Gasteiger partial charge in [0.05, 0.1) is 22.1 Å². The van der Waals surface area contributed by atoms with Gasteiger partial charge in [-0.1, -0.05) is 194 Å². The lowest BCUT2D eigenvalue weighted by atomic mass is 10.0. The van der Waals surface area contributed by atoms with Crippen LogP contribution in [0.5, 0.6) is 0 Å². The number of furan rings is 1. The van der Waals surface area contributed by atoms with E-state index in [0.29, 0.717) is 0 Å². The Morgan fingerprint density at radius 3 is 1.43 bits per heavy atom. The van der Waals surface area contributed by atoms with Gasteiger partial charge < -0.3 is 13.6 Å². The highest BCUT2D eigenvalue weighted by Crippen LogP contribution is 2.40. The van der Waals surface area contributed by atoms with Gasteiger partial charge in [-0.2, -0.15) is 0 Å². The van der Waals surface area contributed by atoms with E-state index < -0.39 is 8.07 Å². The van der Waals surface area contributed by atoms with E-state index in [9.17, 15) is 0 Å². The quantitative estimate of drug-likeness (QED) is 0.110. The van der Waals surface area contributed by atoms with Crippen molar-refractivity contribution < 1.29 is 4.42 Å². The minimum atomic E-state index is -2.78. The number of aromatic nitrogens is 2. The van der Waals surface area contributed by atoms with Crippen LogP contribution in [0.15, 0.2) is 271 Å². The first-order valence-corrected chi connectivity index (χ1v) is 26.1. The highest BCUT2D eigenvalue weighted by Gasteiger charge is 2.41. The van der Waals surface area contributed by atoms with E-state index in [4.69, 9.17) is 4.42 Å². The third kappa shape index (κ3) is 6.20. The Balaban J connectivity index is 0.975. The molecule has 0 aliphatic heterocycles. The second kappa shape index (κ2) is 16.1. The van der Waals surface area contributed by atoms with Gasteiger partial charge >= 0.3 is 0 Å². The molecule has 0 saturated carbocycles. The summed E-state index contributed by atoms with van der Waals surface area (Å²) < 4.78 is 11.3. The molecule has 0 saturated heterocycles. The van der Waals surface area contributed by atoms with Crippen molar-refractivity contribution in [1.82, 2.24) is 9.13 Å². The van der Waals surface area contributed by atoms with Crippen molar-refractivity contribution in [1.29, 1.82) is 0 Å². The smallest absolute Gasteiger partial charge is 0.179 e. The van der Waals surface area contributed by atoms with Crippen LogP contribution in [-0.4, -0.2) is 17.2 Å². The molecule has 0 atom stereocenters. The molecule has 0 fully saturated rings. The fourth-order valence-electron chi connectivity index (χ4n) is 11.5. The molecule has 0 aliphatic carbocycles. The van der Waals surface area contributed by atoms with Crippen molar-refractivity contribution in [3.05, 3.63) is 267 Å². The Kier molecular flexibility index (Phi) is 9.23. The molecule has 4 heteroatoms. The van der Waals surface area contributed by atoms with E-state index in [2.05, 4.69) is 264 Å². The van der Waals surface area contributed by atoms with Gasteiger partial charge in [-0.15, -0.1) is 0 Å². The van der Waals surface area contributed by atoms with E-state index in [1.165, 1.54) is 70.0 Å². The van der Waals surface area contributed by atoms with E-state index in [-0.39, 0.29) is 0 Å². The van der Waals surface area contributed by atoms with Gasteiger partial charge in [-0.25, -0.2) is 0 Å². The molecule has 3 nitrogen and oxygen atoms in total. The van der Waals surface area contributed by atoms with Crippen molar-refractivity contribution in [2.24, 2.45) is 0 Å². The third-order valence-electron chi connectivity index (χ3n) is 14.7. The number of benzene rings is 11. The molecule has 70 heavy (non-hydrogen) atoms. The molecule has 0 bridgehead atoms. The van der Waals surface area contributed by atoms with E-state index in [0.717, 1.165) is 50.0 Å². The second-order valence-corrected chi connectivity index (χ2v) is 22.2. The number of rotatable bonds is 8. The fourth-order valence-corrected chi connectivity index (χ4v) is 16.3. The van der Waals surface area contributed by atoms with Crippen LogP contribution in [-0.2, 0) is 0 Å². The van der Waals surface area contributed by atoms with Crippen LogP contribution in [0.4, 0.5) is 0 Å². The van der Waals surface area contributed by atoms with Crippen LogP contribution in [0.3, 0.4) is 0 Å². The second-order valence-electron chi connectivity index (χ2n) is 18.4. The minimum Gasteiger partial charge on any atom is -0.456 e. The lowest BCUT2D eigenvalue weighted by molar-refractivity contribution is 0.669. The summed E-state index contributed by atoms with van der Waals surface area (Å²) in [6, 6.07) is 98.4. The van der Waals surface area contributed by atoms with Crippen molar-refractivity contribution >= 4 is 94.4 Å². The van der Waals surface area contributed by atoms with Crippen molar-refractivity contribution in [3.63, 3.8) is 0 Å². The number of nitrogens with zero attached hydrogens (tertiary/aromatic N) is 2. The zero-order valence-electron chi connectivity index (χ0n) is 38.2. The molecule has 0 radical (unpaired) electrons. The molecule has 0 spiro atoms. The first-order valence-electron chi connectivity index (χ1n) is 24.1. The highest BCUT2D eigenvalue weighted by atomic mass is 28.3. The molecule has 14 rings (SSSR count). The zero-order chi connectivity index (χ0) is 46.2. The van der Waals surface area contributed by atoms with Gasteiger partial charge in [0.2, 0.25) is 0 Å². The molecule has 0 unspecified atom stereocenters. The molecule has 3 heterocycles. The Morgan fingerprint density at radius 2 is 0.714 bits per heavy atom. The molecule has 0 amide bonds. The largest absolute Gasteiger partial charge is 0.456 e. The summed E-state index contributed by atoms with van der Waals surface area (Å²) in [5.41, 5.74) is 13.4. The monoisotopic (exact) mass is 908 g/mol. The third-order valence-corrected chi connectivity index (χ3v) is 19.4. The number of para-hydroxylation sites is 2. The van der Waals surface area contributed by atoms with Crippen LogP contribution >= 0.6 is 0 Å². The van der Waals surface area contributed by atoms with Crippen LogP contribution in [0.2, 0.25) is 0 Å². The summed E-state index contributed by atoms with van der Waals surface area (Å²) in [6.45, 7) is 0. The van der Waals surface area contributed by atoms with Gasteiger partial charge in [-0.05, 0) is 116 Å². The Labute approximate surface area is 406 Å². The Hall–Kier alpha value is -8.96. The van der Waals surface area contributed by atoms with E-state index in [1.807, 2.05) is 12.1 Å². The maximum Gasteiger partial charge on any atom is 0.179 e. The zero-order valence-corrected chi connectivity index (χ0v) is 39.2. The van der Waals surface area contributed by atoms with Crippen LogP contribution in [0.1, 0.15) is 0 Å². The molecular formula is C66H44N2OSi. The lowest BCUT2D eigenvalue weighted by Gasteiger charge is -2.34. The van der Waals surface area contributed by atoms with Crippen LogP contribution in [0.25, 0.3) is 99.2 Å². The van der Waals surface area contributed by atoms with E-state index >= 15 is 0 Å². The molecule has 328 valence electrons. The molecule has 0 N–H and O–H groups in total. The first-order chi connectivity index (χ1) is 34.7. The fraction of sp³-hybridized carbons (Fsp3) is 0. The maximum absolute atomic E-state index is 6.39. The van der Waals surface area contributed by atoms with Gasteiger partial charge in [0, 0.05) is 43.7 Å². The van der Waals surface area contributed by atoms with Crippen molar-refractivity contribution in [2.45, 2.75) is 0 Å². The summed E-state index contributed by atoms with van der Waals surface area (Å²) in [5.74, 6) is 0. The van der Waals surface area contributed by atoms with Gasteiger partial charge in [0.25, 0.3) is 0 Å².